The molecule has 0 fully saturated rings. The van der Waals surface area contributed by atoms with E-state index in [4.69, 9.17) is 8.48 Å². The van der Waals surface area contributed by atoms with Gasteiger partial charge in [0, 0.05) is 11.9 Å². The zero-order valence-electron chi connectivity index (χ0n) is 7.54. The number of rotatable bonds is 0. The van der Waals surface area contributed by atoms with Gasteiger partial charge in [-0.25, -0.2) is 0 Å². The van der Waals surface area contributed by atoms with Gasteiger partial charge in [0.15, 0.2) is 5.69 Å². The first kappa shape index (κ1) is 6.71. The minimum Gasteiger partial charge on any atom is -0.398 e. The summed E-state index contributed by atoms with van der Waals surface area (Å²) in [5, 5.41) is 0. The Balaban J connectivity index is 3.49. The van der Waals surface area contributed by atoms with Gasteiger partial charge in [-0.05, 0) is 22.0 Å². The lowest BCUT2D eigenvalue weighted by Crippen LogP contribution is -2.09. The van der Waals surface area contributed by atoms with Crippen LogP contribution in [0.5, 0.6) is 0 Å². The van der Waals surface area contributed by atoms with Crippen LogP contribution in [-0.4, -0.2) is 4.98 Å². The maximum Gasteiger partial charge on any atom is 0.434 e. The lowest BCUT2D eigenvalue weighted by atomic mass is 10.3. The first-order valence-corrected chi connectivity index (χ1v) is 3.53. The summed E-state index contributed by atoms with van der Waals surface area (Å²) in [6.45, 7) is 0. The van der Waals surface area contributed by atoms with E-state index in [1.807, 2.05) is 0 Å². The molecular weight excluding hydrogens is 237 g/mol. The topological polar surface area (TPSA) is 38.9 Å². The van der Waals surface area contributed by atoms with Crippen LogP contribution in [0.25, 0.3) is 0 Å². The average Bonchev–Trinajstić information content (AvgIpc) is 2.06. The van der Waals surface area contributed by atoms with E-state index >= 15 is 0 Å². The van der Waals surface area contributed by atoms with Crippen molar-refractivity contribution in [2.45, 2.75) is 6.18 Å². The van der Waals surface area contributed by atoms with E-state index in [0.717, 1.165) is 0 Å². The molecule has 0 radical (unpaired) electrons. The average molecular weight is 243 g/mol. The Morgan fingerprint density at radius 3 is 2.67 bits per heavy atom. The Hall–Kier alpha value is -0.780. The monoisotopic (exact) mass is 242 g/mol. The zero-order chi connectivity index (χ0) is 11.1. The molecule has 0 spiro atoms. The molecule has 0 bridgehead atoms. The second-order valence-electron chi connectivity index (χ2n) is 1.92. The van der Waals surface area contributed by atoms with Gasteiger partial charge in [0.2, 0.25) is 0 Å². The third kappa shape index (κ3) is 1.69. The van der Waals surface area contributed by atoms with Crippen LogP contribution in [0.15, 0.2) is 16.7 Å². The SMILES string of the molecule is [2H]c1nc(C(F)(F)F)c(Br)c(N)c1[2H]. The normalized spacial score (nSPS) is 14.0. The van der Waals surface area contributed by atoms with Crippen molar-refractivity contribution in [1.29, 1.82) is 0 Å². The third-order valence-corrected chi connectivity index (χ3v) is 1.87. The molecule has 0 aliphatic carbocycles. The van der Waals surface area contributed by atoms with E-state index in [0.29, 0.717) is 0 Å². The van der Waals surface area contributed by atoms with Crippen LogP contribution in [-0.2, 0) is 6.18 Å². The lowest BCUT2D eigenvalue weighted by molar-refractivity contribution is -0.141. The Morgan fingerprint density at radius 2 is 2.17 bits per heavy atom. The number of hydrogen-bond acceptors (Lipinski definition) is 2. The number of nitrogen functional groups attached to an aromatic ring is 1. The van der Waals surface area contributed by atoms with Crippen molar-refractivity contribution >= 4 is 21.6 Å². The quantitative estimate of drug-likeness (QED) is 0.759. The molecule has 66 valence electrons. The van der Waals surface area contributed by atoms with Gasteiger partial charge in [0.05, 0.1) is 7.21 Å². The highest BCUT2D eigenvalue weighted by Gasteiger charge is 2.35. The van der Waals surface area contributed by atoms with Crippen molar-refractivity contribution in [3.05, 3.63) is 22.4 Å². The van der Waals surface area contributed by atoms with Crippen molar-refractivity contribution in [1.82, 2.24) is 4.98 Å². The summed E-state index contributed by atoms with van der Waals surface area (Å²) in [6, 6.07) is -0.523. The second-order valence-corrected chi connectivity index (χ2v) is 2.72. The second kappa shape index (κ2) is 2.93. The van der Waals surface area contributed by atoms with Gasteiger partial charge < -0.3 is 5.73 Å². The Kier molecular flexibility index (Phi) is 1.64. The van der Waals surface area contributed by atoms with Crippen LogP contribution in [0.1, 0.15) is 8.44 Å². The molecule has 1 heterocycles. The molecule has 6 heteroatoms. The van der Waals surface area contributed by atoms with Crippen LogP contribution >= 0.6 is 15.9 Å². The fraction of sp³-hybridized carbons (Fsp3) is 0.167. The number of nitrogens with zero attached hydrogens (tertiary/aromatic N) is 1. The number of pyridine rings is 1. The molecule has 1 aromatic heterocycles. The molecular formula is C6H4BrF3N2. The van der Waals surface area contributed by atoms with E-state index in [9.17, 15) is 13.2 Å². The van der Waals surface area contributed by atoms with Crippen molar-refractivity contribution in [2.75, 3.05) is 5.73 Å². The Morgan fingerprint density at radius 1 is 1.58 bits per heavy atom. The summed E-state index contributed by atoms with van der Waals surface area (Å²) in [6.07, 6.45) is -5.48. The number of halogens is 4. The number of hydrogen-bond donors (Lipinski definition) is 1. The van der Waals surface area contributed by atoms with Crippen molar-refractivity contribution < 1.29 is 15.9 Å². The summed E-state index contributed by atoms with van der Waals surface area (Å²) in [5.41, 5.74) is 3.47. The van der Waals surface area contributed by atoms with Gasteiger partial charge in [-0.2, -0.15) is 13.2 Å². The Labute approximate surface area is 77.5 Å². The number of alkyl halides is 3. The predicted octanol–water partition coefficient (Wildman–Crippen LogP) is 2.45. The molecule has 0 unspecified atom stereocenters. The number of anilines is 1. The van der Waals surface area contributed by atoms with E-state index in [1.54, 1.807) is 0 Å². The van der Waals surface area contributed by atoms with Crippen molar-refractivity contribution in [2.24, 2.45) is 0 Å². The fourth-order valence-corrected chi connectivity index (χ4v) is 0.976. The van der Waals surface area contributed by atoms with Crippen LogP contribution in [0, 0.1) is 0 Å². The van der Waals surface area contributed by atoms with Gasteiger partial charge in [-0.15, -0.1) is 0 Å². The van der Waals surface area contributed by atoms with Gasteiger partial charge in [0.25, 0.3) is 0 Å². The summed E-state index contributed by atoms with van der Waals surface area (Å²) in [7, 11) is 0. The largest absolute Gasteiger partial charge is 0.434 e. The predicted molar refractivity (Wildman–Crippen MR) is 41.4 cm³/mol. The van der Waals surface area contributed by atoms with Crippen LogP contribution in [0.3, 0.4) is 0 Å². The standard InChI is InChI=1S/C6H4BrF3N2/c7-4-3(11)1-2-12-5(4)6(8,9)10/h1-2H,(H2,11,12)/i1D,2D. The zero-order valence-corrected chi connectivity index (χ0v) is 7.12. The van der Waals surface area contributed by atoms with E-state index in [2.05, 4.69) is 20.9 Å². The molecule has 0 aliphatic heterocycles. The first-order chi connectivity index (χ1) is 6.25. The number of aromatic nitrogens is 1. The van der Waals surface area contributed by atoms with E-state index in [-0.39, 0.29) is 0 Å². The minimum absolute atomic E-state index is 0.433. The summed E-state index contributed by atoms with van der Waals surface area (Å²) in [5.74, 6) is 0. The molecule has 1 rings (SSSR count). The first-order valence-electron chi connectivity index (χ1n) is 3.74. The molecule has 0 aromatic carbocycles. The maximum atomic E-state index is 12.2. The maximum absolute atomic E-state index is 12.2. The molecule has 12 heavy (non-hydrogen) atoms. The number of nitrogens with two attached hydrogens (primary N) is 1. The van der Waals surface area contributed by atoms with Gasteiger partial charge in [0.1, 0.15) is 0 Å². The van der Waals surface area contributed by atoms with Crippen LogP contribution < -0.4 is 5.73 Å². The highest BCUT2D eigenvalue weighted by Crippen LogP contribution is 2.35. The molecule has 2 nitrogen and oxygen atoms in total. The van der Waals surface area contributed by atoms with Gasteiger partial charge in [-0.1, -0.05) is 0 Å². The summed E-state index contributed by atoms with van der Waals surface area (Å²) in [4.78, 5) is 2.93. The Bertz CT molecular complexity index is 380. The lowest BCUT2D eigenvalue weighted by Gasteiger charge is -2.08. The van der Waals surface area contributed by atoms with Gasteiger partial charge in [-0.3, -0.25) is 4.98 Å². The highest BCUT2D eigenvalue weighted by atomic mass is 79.9. The highest BCUT2D eigenvalue weighted by molar-refractivity contribution is 9.10. The molecule has 0 saturated heterocycles. The molecule has 0 aliphatic rings. The third-order valence-electron chi connectivity index (χ3n) is 1.07. The van der Waals surface area contributed by atoms with Crippen molar-refractivity contribution in [3.8, 4) is 0 Å². The summed E-state index contributed by atoms with van der Waals surface area (Å²) >= 11 is 2.59. The van der Waals surface area contributed by atoms with Crippen LogP contribution in [0.2, 0.25) is 0 Å². The van der Waals surface area contributed by atoms with E-state index in [1.165, 1.54) is 0 Å². The smallest absolute Gasteiger partial charge is 0.398 e. The molecule has 1 aromatic rings. The van der Waals surface area contributed by atoms with E-state index < -0.39 is 34.2 Å². The summed E-state index contributed by atoms with van der Waals surface area (Å²) < 4.78 is 50.3. The fourth-order valence-electron chi connectivity index (χ4n) is 0.563. The van der Waals surface area contributed by atoms with Gasteiger partial charge >= 0.3 is 6.18 Å². The molecule has 0 saturated carbocycles. The molecule has 0 atom stereocenters. The van der Waals surface area contributed by atoms with Crippen molar-refractivity contribution in [3.63, 3.8) is 0 Å². The minimum atomic E-state index is -4.68. The molecule has 2 N–H and O–H groups in total. The molecule has 0 amide bonds. The van der Waals surface area contributed by atoms with Crippen LogP contribution in [0.4, 0.5) is 18.9 Å².